The van der Waals surface area contributed by atoms with E-state index in [2.05, 4.69) is 34.5 Å². The van der Waals surface area contributed by atoms with Gasteiger partial charge in [-0.15, -0.1) is 10.2 Å². The fraction of sp³-hybridized carbons (Fsp3) is 0.294. The Morgan fingerprint density at radius 2 is 2.00 bits per heavy atom. The van der Waals surface area contributed by atoms with Crippen LogP contribution in [-0.2, 0) is 6.42 Å². The summed E-state index contributed by atoms with van der Waals surface area (Å²) in [7, 11) is 0. The van der Waals surface area contributed by atoms with Crippen molar-refractivity contribution in [3.8, 4) is 11.3 Å². The molecule has 1 aromatic carbocycles. The van der Waals surface area contributed by atoms with Gasteiger partial charge in [0.2, 0.25) is 5.13 Å². The third kappa shape index (κ3) is 3.51. The molecule has 24 heavy (non-hydrogen) atoms. The lowest BCUT2D eigenvalue weighted by Crippen LogP contribution is -2.13. The summed E-state index contributed by atoms with van der Waals surface area (Å²) >= 11 is 1.39. The number of nitrogens with one attached hydrogen (secondary N) is 1. The number of anilines is 1. The van der Waals surface area contributed by atoms with E-state index in [1.54, 1.807) is 6.92 Å². The summed E-state index contributed by atoms with van der Waals surface area (Å²) < 4.78 is 5.35. The molecule has 3 aromatic rings. The Bertz CT molecular complexity index is 839. The standard InChI is InChI=1S/C17H18N4O2S/c1-10(2)9-13-19-20-17(24-13)18-16(22)14-11(3)21-23-15(14)12-7-5-4-6-8-12/h4-8,10H,9H2,1-3H3,(H,18,20,22). The van der Waals surface area contributed by atoms with Crippen molar-refractivity contribution in [2.45, 2.75) is 27.2 Å². The van der Waals surface area contributed by atoms with Crippen molar-refractivity contribution in [3.05, 3.63) is 46.6 Å². The molecule has 0 saturated heterocycles. The number of rotatable bonds is 5. The zero-order valence-corrected chi connectivity index (χ0v) is 14.6. The van der Waals surface area contributed by atoms with E-state index >= 15 is 0 Å². The highest BCUT2D eigenvalue weighted by Gasteiger charge is 2.22. The first-order valence-corrected chi connectivity index (χ1v) is 8.51. The number of hydrogen-bond acceptors (Lipinski definition) is 6. The molecule has 0 atom stereocenters. The number of carbonyl (C=O) groups excluding carboxylic acids is 1. The lowest BCUT2D eigenvalue weighted by Gasteiger charge is -2.02. The summed E-state index contributed by atoms with van der Waals surface area (Å²) in [6, 6.07) is 9.43. The summed E-state index contributed by atoms with van der Waals surface area (Å²) in [6.45, 7) is 5.98. The quantitative estimate of drug-likeness (QED) is 0.759. The second-order valence-electron chi connectivity index (χ2n) is 5.89. The van der Waals surface area contributed by atoms with Gasteiger partial charge in [-0.05, 0) is 12.8 Å². The maximum absolute atomic E-state index is 12.6. The van der Waals surface area contributed by atoms with E-state index in [9.17, 15) is 4.79 Å². The molecule has 2 aromatic heterocycles. The zero-order chi connectivity index (χ0) is 17.1. The number of nitrogens with zero attached hydrogens (tertiary/aromatic N) is 3. The molecule has 0 aliphatic heterocycles. The van der Waals surface area contributed by atoms with Crippen LogP contribution in [0.25, 0.3) is 11.3 Å². The molecular weight excluding hydrogens is 324 g/mol. The minimum absolute atomic E-state index is 0.292. The van der Waals surface area contributed by atoms with Gasteiger partial charge in [-0.3, -0.25) is 10.1 Å². The molecular formula is C17H18N4O2S. The number of carbonyl (C=O) groups is 1. The van der Waals surface area contributed by atoms with Crippen molar-refractivity contribution >= 4 is 22.4 Å². The molecule has 0 saturated carbocycles. The van der Waals surface area contributed by atoms with Crippen LogP contribution in [0.1, 0.15) is 34.9 Å². The predicted molar refractivity (Wildman–Crippen MR) is 93.1 cm³/mol. The van der Waals surface area contributed by atoms with Gasteiger partial charge < -0.3 is 4.52 Å². The Kier molecular flexibility index (Phi) is 4.71. The molecule has 0 unspecified atom stereocenters. The van der Waals surface area contributed by atoms with Crippen molar-refractivity contribution in [2.24, 2.45) is 5.92 Å². The van der Waals surface area contributed by atoms with Crippen molar-refractivity contribution in [1.29, 1.82) is 0 Å². The summed E-state index contributed by atoms with van der Waals surface area (Å²) in [4.78, 5) is 12.6. The van der Waals surface area contributed by atoms with E-state index < -0.39 is 0 Å². The first kappa shape index (κ1) is 16.3. The largest absolute Gasteiger partial charge is 0.355 e. The molecule has 0 radical (unpaired) electrons. The fourth-order valence-corrected chi connectivity index (χ4v) is 3.27. The maximum Gasteiger partial charge on any atom is 0.263 e. The fourth-order valence-electron chi connectivity index (χ4n) is 2.32. The molecule has 1 N–H and O–H groups in total. The molecule has 0 aliphatic carbocycles. The Hall–Kier alpha value is -2.54. The van der Waals surface area contributed by atoms with Gasteiger partial charge >= 0.3 is 0 Å². The van der Waals surface area contributed by atoms with E-state index in [0.29, 0.717) is 28.1 Å². The molecule has 0 bridgehead atoms. The summed E-state index contributed by atoms with van der Waals surface area (Å²) in [5, 5.41) is 16.3. The van der Waals surface area contributed by atoms with Crippen molar-refractivity contribution in [1.82, 2.24) is 15.4 Å². The van der Waals surface area contributed by atoms with Crippen LogP contribution in [0.15, 0.2) is 34.9 Å². The highest BCUT2D eigenvalue weighted by atomic mass is 32.1. The van der Waals surface area contributed by atoms with Gasteiger partial charge in [-0.1, -0.05) is 60.7 Å². The SMILES string of the molecule is Cc1noc(-c2ccccc2)c1C(=O)Nc1nnc(CC(C)C)s1. The number of amides is 1. The van der Waals surface area contributed by atoms with Crippen LogP contribution in [0.3, 0.4) is 0 Å². The summed E-state index contributed by atoms with van der Waals surface area (Å²) in [5.41, 5.74) is 1.76. The lowest BCUT2D eigenvalue weighted by molar-refractivity contribution is 0.102. The number of hydrogen-bond donors (Lipinski definition) is 1. The van der Waals surface area contributed by atoms with E-state index in [1.807, 2.05) is 30.3 Å². The first-order chi connectivity index (χ1) is 11.5. The smallest absolute Gasteiger partial charge is 0.263 e. The average Bonchev–Trinajstić information content (AvgIpc) is 3.14. The Morgan fingerprint density at radius 1 is 1.25 bits per heavy atom. The third-order valence-corrected chi connectivity index (χ3v) is 4.26. The van der Waals surface area contributed by atoms with Crippen LogP contribution in [0.4, 0.5) is 5.13 Å². The van der Waals surface area contributed by atoms with Crippen molar-refractivity contribution in [3.63, 3.8) is 0 Å². The Morgan fingerprint density at radius 3 is 2.71 bits per heavy atom. The monoisotopic (exact) mass is 342 g/mol. The summed E-state index contributed by atoms with van der Waals surface area (Å²) in [5.74, 6) is 0.656. The molecule has 0 spiro atoms. The predicted octanol–water partition coefficient (Wildman–Crippen LogP) is 3.95. The highest BCUT2D eigenvalue weighted by molar-refractivity contribution is 7.15. The van der Waals surface area contributed by atoms with Gasteiger partial charge in [0, 0.05) is 12.0 Å². The lowest BCUT2D eigenvalue weighted by atomic mass is 10.1. The summed E-state index contributed by atoms with van der Waals surface area (Å²) in [6.07, 6.45) is 0.842. The Balaban J connectivity index is 1.83. The van der Waals surface area contributed by atoms with Crippen LogP contribution in [0.2, 0.25) is 0 Å². The second-order valence-corrected chi connectivity index (χ2v) is 6.95. The highest BCUT2D eigenvalue weighted by Crippen LogP contribution is 2.27. The van der Waals surface area contributed by atoms with E-state index in [0.717, 1.165) is 17.0 Å². The second kappa shape index (κ2) is 6.92. The van der Waals surface area contributed by atoms with Gasteiger partial charge in [0.15, 0.2) is 5.76 Å². The topological polar surface area (TPSA) is 80.9 Å². The zero-order valence-electron chi connectivity index (χ0n) is 13.7. The van der Waals surface area contributed by atoms with E-state index in [-0.39, 0.29) is 5.91 Å². The van der Waals surface area contributed by atoms with Crippen LogP contribution in [0.5, 0.6) is 0 Å². The van der Waals surface area contributed by atoms with Crippen LogP contribution in [-0.4, -0.2) is 21.3 Å². The minimum Gasteiger partial charge on any atom is -0.355 e. The van der Waals surface area contributed by atoms with Gasteiger partial charge in [-0.25, -0.2) is 0 Å². The molecule has 0 aliphatic rings. The number of aromatic nitrogens is 3. The van der Waals surface area contributed by atoms with E-state index in [4.69, 9.17) is 4.52 Å². The van der Waals surface area contributed by atoms with E-state index in [1.165, 1.54) is 11.3 Å². The van der Waals surface area contributed by atoms with Crippen molar-refractivity contribution in [2.75, 3.05) is 5.32 Å². The average molecular weight is 342 g/mol. The third-order valence-electron chi connectivity index (χ3n) is 3.40. The van der Waals surface area contributed by atoms with Crippen LogP contribution in [0, 0.1) is 12.8 Å². The Labute approximate surface area is 143 Å². The van der Waals surface area contributed by atoms with Gasteiger partial charge in [0.25, 0.3) is 5.91 Å². The maximum atomic E-state index is 12.6. The van der Waals surface area contributed by atoms with Gasteiger partial charge in [0.05, 0.1) is 5.69 Å². The normalized spacial score (nSPS) is 11.0. The molecule has 7 heteroatoms. The molecule has 1 amide bonds. The van der Waals surface area contributed by atoms with Gasteiger partial charge in [-0.2, -0.15) is 0 Å². The molecule has 3 rings (SSSR count). The molecule has 2 heterocycles. The van der Waals surface area contributed by atoms with Crippen LogP contribution < -0.4 is 5.32 Å². The number of benzene rings is 1. The number of aryl methyl sites for hydroxylation is 1. The van der Waals surface area contributed by atoms with Gasteiger partial charge in [0.1, 0.15) is 10.6 Å². The molecule has 0 fully saturated rings. The minimum atomic E-state index is -0.292. The molecule has 124 valence electrons. The van der Waals surface area contributed by atoms with Crippen LogP contribution >= 0.6 is 11.3 Å². The van der Waals surface area contributed by atoms with Crippen molar-refractivity contribution < 1.29 is 9.32 Å². The first-order valence-electron chi connectivity index (χ1n) is 7.70. The molecule has 6 nitrogen and oxygen atoms in total.